The summed E-state index contributed by atoms with van der Waals surface area (Å²) >= 11 is 2.14. The van der Waals surface area contributed by atoms with Crippen molar-refractivity contribution in [3.8, 4) is 0 Å². The van der Waals surface area contributed by atoms with E-state index in [4.69, 9.17) is 4.74 Å². The summed E-state index contributed by atoms with van der Waals surface area (Å²) < 4.78 is 5.11. The molecule has 1 rings (SSSR count). The van der Waals surface area contributed by atoms with Crippen LogP contribution in [0, 0.1) is 5.41 Å². The Labute approximate surface area is 111 Å². The van der Waals surface area contributed by atoms with Gasteiger partial charge in [-0.3, -0.25) is 0 Å². The molecular weight excluding hydrogens is 230 g/mol. The summed E-state index contributed by atoms with van der Waals surface area (Å²) in [6.45, 7) is 9.13. The van der Waals surface area contributed by atoms with E-state index in [2.05, 4.69) is 37.8 Å². The van der Waals surface area contributed by atoms with Crippen molar-refractivity contribution >= 4 is 11.8 Å². The molecule has 1 fully saturated rings. The first-order valence-corrected chi connectivity index (χ1v) is 8.00. The molecule has 0 aromatic rings. The van der Waals surface area contributed by atoms with Crippen molar-refractivity contribution in [1.29, 1.82) is 0 Å². The number of ether oxygens (including phenoxy) is 1. The van der Waals surface area contributed by atoms with Gasteiger partial charge in [0, 0.05) is 25.0 Å². The third kappa shape index (κ3) is 4.80. The van der Waals surface area contributed by atoms with Gasteiger partial charge in [0.25, 0.3) is 0 Å². The number of rotatable bonds is 8. The van der Waals surface area contributed by atoms with E-state index in [0.29, 0.717) is 11.5 Å². The molecule has 2 unspecified atom stereocenters. The Hall–Kier alpha value is 0.270. The minimum absolute atomic E-state index is 0.466. The average Bonchev–Trinajstić information content (AvgIpc) is 2.57. The summed E-state index contributed by atoms with van der Waals surface area (Å²) in [4.78, 5) is 0. The highest BCUT2D eigenvalue weighted by Crippen LogP contribution is 2.43. The van der Waals surface area contributed by atoms with Gasteiger partial charge in [-0.1, -0.05) is 20.8 Å². The summed E-state index contributed by atoms with van der Waals surface area (Å²) in [6.07, 6.45) is 5.13. The molecule has 1 aliphatic rings. The summed E-state index contributed by atoms with van der Waals surface area (Å²) in [5.74, 6) is 1.24. The average molecular weight is 259 g/mol. The van der Waals surface area contributed by atoms with E-state index in [9.17, 15) is 0 Å². The van der Waals surface area contributed by atoms with Crippen molar-refractivity contribution in [1.82, 2.24) is 5.32 Å². The molecule has 102 valence electrons. The molecule has 2 atom stereocenters. The normalized spacial score (nSPS) is 27.5. The lowest BCUT2D eigenvalue weighted by Crippen LogP contribution is -2.43. The summed E-state index contributed by atoms with van der Waals surface area (Å²) in [5.41, 5.74) is 0.466. The van der Waals surface area contributed by atoms with Crippen LogP contribution in [0.1, 0.15) is 46.5 Å². The third-order valence-electron chi connectivity index (χ3n) is 3.73. The highest BCUT2D eigenvalue weighted by Gasteiger charge is 2.41. The SMILES string of the molecule is CCCNC1C(SCCCOC)CCC1(C)C. The van der Waals surface area contributed by atoms with Gasteiger partial charge in [-0.15, -0.1) is 0 Å². The van der Waals surface area contributed by atoms with E-state index in [0.717, 1.165) is 18.4 Å². The van der Waals surface area contributed by atoms with Crippen LogP contribution in [0.3, 0.4) is 0 Å². The number of nitrogens with one attached hydrogen (secondary N) is 1. The number of hydrogen-bond donors (Lipinski definition) is 1. The zero-order valence-electron chi connectivity index (χ0n) is 11.9. The van der Waals surface area contributed by atoms with Crippen LogP contribution in [-0.4, -0.2) is 37.3 Å². The van der Waals surface area contributed by atoms with E-state index in [1.54, 1.807) is 7.11 Å². The topological polar surface area (TPSA) is 21.3 Å². The zero-order chi connectivity index (χ0) is 12.7. The minimum atomic E-state index is 0.466. The number of hydrogen-bond acceptors (Lipinski definition) is 3. The number of methoxy groups -OCH3 is 1. The van der Waals surface area contributed by atoms with E-state index in [-0.39, 0.29) is 0 Å². The fraction of sp³-hybridized carbons (Fsp3) is 1.00. The van der Waals surface area contributed by atoms with Gasteiger partial charge in [-0.05, 0) is 43.4 Å². The minimum Gasteiger partial charge on any atom is -0.385 e. The molecule has 3 heteroatoms. The monoisotopic (exact) mass is 259 g/mol. The second kappa shape index (κ2) is 7.65. The van der Waals surface area contributed by atoms with Gasteiger partial charge in [0.1, 0.15) is 0 Å². The van der Waals surface area contributed by atoms with Crippen molar-refractivity contribution in [2.24, 2.45) is 5.41 Å². The molecule has 0 aromatic carbocycles. The molecule has 1 saturated carbocycles. The van der Waals surface area contributed by atoms with Crippen LogP contribution in [0.2, 0.25) is 0 Å². The lowest BCUT2D eigenvalue weighted by molar-refractivity contribution is 0.200. The maximum Gasteiger partial charge on any atom is 0.0470 e. The molecule has 0 bridgehead atoms. The molecule has 17 heavy (non-hydrogen) atoms. The predicted molar refractivity (Wildman–Crippen MR) is 77.8 cm³/mol. The van der Waals surface area contributed by atoms with Crippen molar-refractivity contribution < 1.29 is 4.74 Å². The van der Waals surface area contributed by atoms with E-state index >= 15 is 0 Å². The van der Waals surface area contributed by atoms with Crippen LogP contribution < -0.4 is 5.32 Å². The maximum atomic E-state index is 5.11. The van der Waals surface area contributed by atoms with Crippen LogP contribution >= 0.6 is 11.8 Å². The molecule has 1 N–H and O–H groups in total. The smallest absolute Gasteiger partial charge is 0.0470 e. The number of thioether (sulfide) groups is 1. The maximum absolute atomic E-state index is 5.11. The van der Waals surface area contributed by atoms with Crippen LogP contribution in [0.25, 0.3) is 0 Å². The van der Waals surface area contributed by atoms with Crippen molar-refractivity contribution in [2.45, 2.75) is 57.7 Å². The zero-order valence-corrected chi connectivity index (χ0v) is 12.7. The molecule has 0 aromatic heterocycles. The quantitative estimate of drug-likeness (QED) is 0.676. The van der Waals surface area contributed by atoms with Gasteiger partial charge >= 0.3 is 0 Å². The summed E-state index contributed by atoms with van der Waals surface area (Å²) in [6, 6.07) is 0.690. The Morgan fingerprint density at radius 2 is 2.18 bits per heavy atom. The van der Waals surface area contributed by atoms with Crippen LogP contribution in [0.15, 0.2) is 0 Å². The molecule has 0 spiro atoms. The highest BCUT2D eigenvalue weighted by atomic mass is 32.2. The lowest BCUT2D eigenvalue weighted by Gasteiger charge is -2.31. The van der Waals surface area contributed by atoms with Gasteiger partial charge in [0.2, 0.25) is 0 Å². The first kappa shape index (κ1) is 15.3. The van der Waals surface area contributed by atoms with Crippen LogP contribution in [0.5, 0.6) is 0 Å². The highest BCUT2D eigenvalue weighted by molar-refractivity contribution is 7.99. The van der Waals surface area contributed by atoms with Crippen molar-refractivity contribution in [3.05, 3.63) is 0 Å². The second-order valence-corrected chi connectivity index (χ2v) is 7.06. The first-order valence-electron chi connectivity index (χ1n) is 6.95. The first-order chi connectivity index (χ1) is 8.11. The Kier molecular flexibility index (Phi) is 6.90. The van der Waals surface area contributed by atoms with Gasteiger partial charge in [0.15, 0.2) is 0 Å². The van der Waals surface area contributed by atoms with E-state index in [1.807, 2.05) is 0 Å². The molecule has 0 heterocycles. The predicted octanol–water partition coefficient (Wildman–Crippen LogP) is 3.31. The van der Waals surface area contributed by atoms with Crippen molar-refractivity contribution in [2.75, 3.05) is 26.0 Å². The fourth-order valence-electron chi connectivity index (χ4n) is 2.66. The molecule has 0 aliphatic heterocycles. The Morgan fingerprint density at radius 3 is 2.82 bits per heavy atom. The van der Waals surface area contributed by atoms with E-state index in [1.165, 1.54) is 31.4 Å². The van der Waals surface area contributed by atoms with Gasteiger partial charge in [0.05, 0.1) is 0 Å². The molecule has 2 nitrogen and oxygen atoms in total. The second-order valence-electron chi connectivity index (χ2n) is 5.71. The lowest BCUT2D eigenvalue weighted by atomic mass is 9.87. The standard InChI is InChI=1S/C14H29NOS/c1-5-9-15-13-12(7-8-14(13,2)3)17-11-6-10-16-4/h12-13,15H,5-11H2,1-4H3. The fourth-order valence-corrected chi connectivity index (χ4v) is 4.19. The third-order valence-corrected chi connectivity index (χ3v) is 5.19. The van der Waals surface area contributed by atoms with Crippen LogP contribution in [0.4, 0.5) is 0 Å². The molecule has 0 amide bonds. The molecule has 0 radical (unpaired) electrons. The van der Waals surface area contributed by atoms with Gasteiger partial charge in [-0.25, -0.2) is 0 Å². The van der Waals surface area contributed by atoms with Gasteiger partial charge in [-0.2, -0.15) is 11.8 Å². The van der Waals surface area contributed by atoms with Crippen LogP contribution in [-0.2, 0) is 4.74 Å². The van der Waals surface area contributed by atoms with Gasteiger partial charge < -0.3 is 10.1 Å². The molecular formula is C14H29NOS. The summed E-state index contributed by atoms with van der Waals surface area (Å²) in [5, 5.41) is 4.56. The van der Waals surface area contributed by atoms with E-state index < -0.39 is 0 Å². The Balaban J connectivity index is 2.36. The largest absolute Gasteiger partial charge is 0.385 e. The Morgan fingerprint density at radius 1 is 1.41 bits per heavy atom. The van der Waals surface area contributed by atoms with Crippen molar-refractivity contribution in [3.63, 3.8) is 0 Å². The molecule has 0 saturated heterocycles. The Bertz CT molecular complexity index is 208. The summed E-state index contributed by atoms with van der Waals surface area (Å²) in [7, 11) is 1.79. The molecule has 1 aliphatic carbocycles.